The molecule has 0 fully saturated rings. The average Bonchev–Trinajstić information content (AvgIpc) is 2.10. The smallest absolute Gasteiger partial charge is 0.317 e. The van der Waals surface area contributed by atoms with Gasteiger partial charge in [-0.3, -0.25) is 14.5 Å². The quantitative estimate of drug-likeness (QED) is 0.454. The summed E-state index contributed by atoms with van der Waals surface area (Å²) >= 11 is 0. The zero-order chi connectivity index (χ0) is 11.7. The summed E-state index contributed by atoms with van der Waals surface area (Å²) in [5.74, 6) is -2.01. The molecule has 6 nitrogen and oxygen atoms in total. The van der Waals surface area contributed by atoms with Gasteiger partial charge in [0.15, 0.2) is 0 Å². The highest BCUT2D eigenvalue weighted by molar-refractivity contribution is 5.72. The lowest BCUT2D eigenvalue weighted by molar-refractivity contribution is -0.141. The molecule has 15 heavy (non-hydrogen) atoms. The maximum atomic E-state index is 10.4. The number of rotatable bonds is 9. The van der Waals surface area contributed by atoms with E-state index >= 15 is 0 Å². The van der Waals surface area contributed by atoms with E-state index in [4.69, 9.17) is 15.9 Å². The molecule has 0 bridgehead atoms. The second kappa shape index (κ2) is 8.19. The molecule has 0 amide bonds. The molecule has 4 N–H and O–H groups in total. The molecule has 0 radical (unpaired) electrons. The first-order valence-electron chi connectivity index (χ1n) is 4.92. The molecule has 0 aliphatic carbocycles. The molecule has 0 aromatic carbocycles. The van der Waals surface area contributed by atoms with E-state index in [0.29, 0.717) is 13.1 Å². The van der Waals surface area contributed by atoms with Crippen LogP contribution in [-0.2, 0) is 9.59 Å². The van der Waals surface area contributed by atoms with Crippen molar-refractivity contribution in [2.24, 2.45) is 5.73 Å². The molecule has 0 saturated carbocycles. The maximum absolute atomic E-state index is 10.4. The Balaban J connectivity index is 3.79. The van der Waals surface area contributed by atoms with Crippen molar-refractivity contribution in [1.82, 2.24) is 4.90 Å². The van der Waals surface area contributed by atoms with E-state index in [0.717, 1.165) is 19.3 Å². The van der Waals surface area contributed by atoms with E-state index in [1.54, 1.807) is 0 Å². The fourth-order valence-corrected chi connectivity index (χ4v) is 1.25. The van der Waals surface area contributed by atoms with Gasteiger partial charge >= 0.3 is 11.9 Å². The molecule has 0 aromatic rings. The summed E-state index contributed by atoms with van der Waals surface area (Å²) in [6, 6.07) is 0. The van der Waals surface area contributed by atoms with Crippen molar-refractivity contribution in [1.29, 1.82) is 0 Å². The first kappa shape index (κ1) is 13.9. The van der Waals surface area contributed by atoms with Crippen molar-refractivity contribution >= 4 is 11.9 Å². The predicted molar refractivity (Wildman–Crippen MR) is 54.6 cm³/mol. The van der Waals surface area contributed by atoms with Crippen molar-refractivity contribution in [2.75, 3.05) is 26.2 Å². The molecule has 88 valence electrons. The Hall–Kier alpha value is -1.14. The lowest BCUT2D eigenvalue weighted by atomic mass is 10.2. The highest BCUT2D eigenvalue weighted by atomic mass is 16.4. The molecule has 0 heterocycles. The van der Waals surface area contributed by atoms with E-state index in [2.05, 4.69) is 0 Å². The predicted octanol–water partition coefficient (Wildman–Crippen LogP) is -0.413. The second-order valence-corrected chi connectivity index (χ2v) is 3.35. The van der Waals surface area contributed by atoms with Crippen LogP contribution < -0.4 is 5.73 Å². The van der Waals surface area contributed by atoms with Crippen molar-refractivity contribution in [3.8, 4) is 0 Å². The van der Waals surface area contributed by atoms with Gasteiger partial charge in [-0.15, -0.1) is 0 Å². The minimum atomic E-state index is -1.00. The van der Waals surface area contributed by atoms with Gasteiger partial charge in [0.05, 0.1) is 13.1 Å². The number of unbranched alkanes of at least 4 members (excludes halogenated alkanes) is 2. The van der Waals surface area contributed by atoms with Crippen LogP contribution >= 0.6 is 0 Å². The highest BCUT2D eigenvalue weighted by Crippen LogP contribution is 1.98. The summed E-state index contributed by atoms with van der Waals surface area (Å²) in [5.41, 5.74) is 5.31. The number of hydrogen-bond acceptors (Lipinski definition) is 4. The third-order valence-electron chi connectivity index (χ3n) is 1.90. The van der Waals surface area contributed by atoms with Crippen molar-refractivity contribution in [2.45, 2.75) is 19.3 Å². The Morgan fingerprint density at radius 2 is 1.53 bits per heavy atom. The summed E-state index contributed by atoms with van der Waals surface area (Å²) in [6.07, 6.45) is 2.55. The third kappa shape index (κ3) is 9.17. The fourth-order valence-electron chi connectivity index (χ4n) is 1.25. The molecule has 6 heteroatoms. The summed E-state index contributed by atoms with van der Waals surface area (Å²) in [6.45, 7) is 0.639. The molecule has 0 unspecified atom stereocenters. The SMILES string of the molecule is NCCCCCN(CC(=O)O)CC(=O)O. The van der Waals surface area contributed by atoms with Gasteiger partial charge in [-0.2, -0.15) is 0 Å². The van der Waals surface area contributed by atoms with Crippen LogP contribution in [0.1, 0.15) is 19.3 Å². The Bertz CT molecular complexity index is 192. The topological polar surface area (TPSA) is 104 Å². The van der Waals surface area contributed by atoms with Crippen LogP contribution in [0.2, 0.25) is 0 Å². The first-order valence-corrected chi connectivity index (χ1v) is 4.92. The number of nitrogens with zero attached hydrogens (tertiary/aromatic N) is 1. The summed E-state index contributed by atoms with van der Waals surface area (Å²) in [7, 11) is 0. The number of aliphatic carboxylic acids is 2. The molecule has 0 spiro atoms. The van der Waals surface area contributed by atoms with E-state index in [-0.39, 0.29) is 13.1 Å². The number of carbonyl (C=O) groups is 2. The van der Waals surface area contributed by atoms with Gasteiger partial charge in [0, 0.05) is 0 Å². The van der Waals surface area contributed by atoms with Crippen molar-refractivity contribution in [3.63, 3.8) is 0 Å². The summed E-state index contributed by atoms with van der Waals surface area (Å²) in [4.78, 5) is 22.3. The van der Waals surface area contributed by atoms with E-state index in [9.17, 15) is 9.59 Å². The van der Waals surface area contributed by atoms with Crippen LogP contribution in [0.5, 0.6) is 0 Å². The Labute approximate surface area is 88.7 Å². The zero-order valence-corrected chi connectivity index (χ0v) is 8.69. The van der Waals surface area contributed by atoms with E-state index in [1.165, 1.54) is 4.90 Å². The van der Waals surface area contributed by atoms with Gasteiger partial charge < -0.3 is 15.9 Å². The molecule has 0 aromatic heterocycles. The number of carboxylic acid groups (broad SMARTS) is 2. The molecule has 0 atom stereocenters. The van der Waals surface area contributed by atoms with Crippen LogP contribution in [0.3, 0.4) is 0 Å². The number of carboxylic acids is 2. The van der Waals surface area contributed by atoms with Gasteiger partial charge in [-0.25, -0.2) is 0 Å². The summed E-state index contributed by atoms with van der Waals surface area (Å²) in [5, 5.41) is 17.1. The second-order valence-electron chi connectivity index (χ2n) is 3.35. The molecule has 0 aliphatic rings. The monoisotopic (exact) mass is 218 g/mol. The average molecular weight is 218 g/mol. The largest absolute Gasteiger partial charge is 0.480 e. The van der Waals surface area contributed by atoms with Crippen molar-refractivity contribution in [3.05, 3.63) is 0 Å². The van der Waals surface area contributed by atoms with E-state index < -0.39 is 11.9 Å². The molecule has 0 rings (SSSR count). The van der Waals surface area contributed by atoms with Gasteiger partial charge in [0.2, 0.25) is 0 Å². The number of hydrogen-bond donors (Lipinski definition) is 3. The van der Waals surface area contributed by atoms with Crippen LogP contribution in [0.15, 0.2) is 0 Å². The third-order valence-corrected chi connectivity index (χ3v) is 1.90. The zero-order valence-electron chi connectivity index (χ0n) is 8.69. The maximum Gasteiger partial charge on any atom is 0.317 e. The van der Waals surface area contributed by atoms with Gasteiger partial charge in [-0.05, 0) is 25.9 Å². The lowest BCUT2D eigenvalue weighted by Gasteiger charge is -2.17. The Morgan fingerprint density at radius 1 is 1.00 bits per heavy atom. The van der Waals surface area contributed by atoms with Crippen molar-refractivity contribution < 1.29 is 19.8 Å². The lowest BCUT2D eigenvalue weighted by Crippen LogP contribution is -2.35. The minimum absolute atomic E-state index is 0.227. The van der Waals surface area contributed by atoms with Crippen LogP contribution in [0.25, 0.3) is 0 Å². The fraction of sp³-hybridized carbons (Fsp3) is 0.778. The minimum Gasteiger partial charge on any atom is -0.480 e. The van der Waals surface area contributed by atoms with Crippen LogP contribution in [0, 0.1) is 0 Å². The molecular formula is C9H18N2O4. The summed E-state index contributed by atoms with van der Waals surface area (Å²) < 4.78 is 0. The van der Waals surface area contributed by atoms with Gasteiger partial charge in [0.25, 0.3) is 0 Å². The Morgan fingerprint density at radius 3 is 1.93 bits per heavy atom. The number of nitrogens with two attached hydrogens (primary N) is 1. The normalized spacial score (nSPS) is 10.5. The first-order chi connectivity index (χ1) is 7.06. The Kier molecular flexibility index (Phi) is 7.57. The van der Waals surface area contributed by atoms with Crippen LogP contribution in [-0.4, -0.2) is 53.2 Å². The highest BCUT2D eigenvalue weighted by Gasteiger charge is 2.12. The molecule has 0 aliphatic heterocycles. The molecule has 0 saturated heterocycles. The van der Waals surface area contributed by atoms with Crippen LogP contribution in [0.4, 0.5) is 0 Å². The van der Waals surface area contributed by atoms with Gasteiger partial charge in [-0.1, -0.05) is 6.42 Å². The standard InChI is InChI=1S/C9H18N2O4/c10-4-2-1-3-5-11(6-8(12)13)7-9(14)15/h1-7,10H2,(H,12,13)(H,14,15). The van der Waals surface area contributed by atoms with Gasteiger partial charge in [0.1, 0.15) is 0 Å². The molecular weight excluding hydrogens is 200 g/mol. The van der Waals surface area contributed by atoms with E-state index in [1.807, 2.05) is 0 Å².